The second-order valence-corrected chi connectivity index (χ2v) is 8.10. The van der Waals surface area contributed by atoms with Gasteiger partial charge in [0.25, 0.3) is 0 Å². The standard InChI is InChI=1S/C23H25NO6/c1-11-14(4)29-20-13(3)21-17(10-16(11)20)12(2)15(23(28)30-21)7-8-19(25)24-9-5-6-18(24)22(26)27/h10,18H,5-9H2,1-4H3,(H,26,27)/p-1/t18-/m1/s1. The van der Waals surface area contributed by atoms with Crippen LogP contribution >= 0.6 is 0 Å². The number of aliphatic carboxylic acids is 1. The summed E-state index contributed by atoms with van der Waals surface area (Å²) >= 11 is 0. The minimum absolute atomic E-state index is 0.0476. The lowest BCUT2D eigenvalue weighted by atomic mass is 9.98. The molecule has 158 valence electrons. The number of carboxylic acid groups (broad SMARTS) is 1. The smallest absolute Gasteiger partial charge is 0.339 e. The number of fused-ring (bicyclic) bond motifs is 2. The van der Waals surface area contributed by atoms with Crippen LogP contribution in [0.5, 0.6) is 0 Å². The number of furan rings is 1. The molecule has 1 saturated heterocycles. The third kappa shape index (κ3) is 3.09. The molecule has 3 heterocycles. The highest BCUT2D eigenvalue weighted by atomic mass is 16.4. The van der Waals surface area contributed by atoms with E-state index in [9.17, 15) is 19.5 Å². The Bertz CT molecular complexity index is 1250. The Morgan fingerprint density at radius 1 is 1.07 bits per heavy atom. The van der Waals surface area contributed by atoms with Crippen LogP contribution in [0.2, 0.25) is 0 Å². The van der Waals surface area contributed by atoms with Gasteiger partial charge in [-0.2, -0.15) is 0 Å². The number of nitrogens with zero attached hydrogens (tertiary/aromatic N) is 1. The average Bonchev–Trinajstić information content (AvgIpc) is 3.29. The number of carbonyl (C=O) groups is 2. The van der Waals surface area contributed by atoms with E-state index in [4.69, 9.17) is 8.83 Å². The zero-order valence-corrected chi connectivity index (χ0v) is 17.6. The van der Waals surface area contributed by atoms with E-state index in [0.29, 0.717) is 36.1 Å². The first-order valence-electron chi connectivity index (χ1n) is 10.2. The Morgan fingerprint density at radius 3 is 2.43 bits per heavy atom. The van der Waals surface area contributed by atoms with Crippen molar-refractivity contribution in [2.75, 3.05) is 6.54 Å². The fraction of sp³-hybridized carbons (Fsp3) is 0.435. The fourth-order valence-corrected chi connectivity index (χ4v) is 4.47. The zero-order valence-electron chi connectivity index (χ0n) is 17.6. The van der Waals surface area contributed by atoms with Crippen LogP contribution in [0, 0.1) is 27.7 Å². The number of aryl methyl sites for hydroxylation is 4. The Kier molecular flexibility index (Phi) is 4.92. The van der Waals surface area contributed by atoms with Crippen LogP contribution in [0.1, 0.15) is 47.3 Å². The highest BCUT2D eigenvalue weighted by Gasteiger charge is 2.29. The van der Waals surface area contributed by atoms with Crippen LogP contribution < -0.4 is 10.7 Å². The summed E-state index contributed by atoms with van der Waals surface area (Å²) in [6.45, 7) is 8.01. The number of amides is 1. The van der Waals surface area contributed by atoms with Gasteiger partial charge in [-0.3, -0.25) is 4.79 Å². The van der Waals surface area contributed by atoms with Crippen LogP contribution in [0.25, 0.3) is 21.9 Å². The predicted octanol–water partition coefficient (Wildman–Crippen LogP) is 2.45. The van der Waals surface area contributed by atoms with Gasteiger partial charge in [0.15, 0.2) is 0 Å². The Labute approximate surface area is 173 Å². The second-order valence-electron chi connectivity index (χ2n) is 8.10. The molecule has 0 N–H and O–H groups in total. The molecule has 0 spiro atoms. The molecule has 0 bridgehead atoms. The first kappa shape index (κ1) is 20.2. The number of carbonyl (C=O) groups excluding carboxylic acids is 2. The van der Waals surface area contributed by atoms with E-state index in [1.807, 2.05) is 33.8 Å². The lowest BCUT2D eigenvalue weighted by Crippen LogP contribution is -2.47. The molecule has 1 atom stereocenters. The molecule has 1 fully saturated rings. The third-order valence-corrected chi connectivity index (χ3v) is 6.38. The lowest BCUT2D eigenvalue weighted by Gasteiger charge is -2.25. The number of carboxylic acids is 1. The van der Waals surface area contributed by atoms with Crippen molar-refractivity contribution in [3.8, 4) is 0 Å². The van der Waals surface area contributed by atoms with E-state index < -0.39 is 17.6 Å². The van der Waals surface area contributed by atoms with Crippen molar-refractivity contribution in [3.63, 3.8) is 0 Å². The number of rotatable bonds is 4. The van der Waals surface area contributed by atoms with Gasteiger partial charge in [-0.25, -0.2) is 4.79 Å². The van der Waals surface area contributed by atoms with Gasteiger partial charge in [0.1, 0.15) is 16.9 Å². The molecular weight excluding hydrogens is 386 g/mol. The molecular formula is C23H24NO6-. The summed E-state index contributed by atoms with van der Waals surface area (Å²) in [5.41, 5.74) is 3.76. The molecule has 7 heteroatoms. The maximum Gasteiger partial charge on any atom is 0.339 e. The normalized spacial score (nSPS) is 16.7. The average molecular weight is 410 g/mol. The van der Waals surface area contributed by atoms with Crippen molar-refractivity contribution in [2.45, 2.75) is 59.4 Å². The van der Waals surface area contributed by atoms with Crippen LogP contribution in [0.3, 0.4) is 0 Å². The van der Waals surface area contributed by atoms with E-state index in [1.54, 1.807) is 0 Å². The molecule has 7 nitrogen and oxygen atoms in total. The summed E-state index contributed by atoms with van der Waals surface area (Å²) in [7, 11) is 0. The summed E-state index contributed by atoms with van der Waals surface area (Å²) < 4.78 is 11.5. The molecule has 1 amide bonds. The van der Waals surface area contributed by atoms with E-state index in [2.05, 4.69) is 0 Å². The number of benzene rings is 1. The summed E-state index contributed by atoms with van der Waals surface area (Å²) in [6, 6.07) is 1.09. The maximum absolute atomic E-state index is 12.7. The van der Waals surface area contributed by atoms with Gasteiger partial charge in [0.2, 0.25) is 5.91 Å². The summed E-state index contributed by atoms with van der Waals surface area (Å²) in [6.07, 6.45) is 1.29. The molecule has 0 unspecified atom stereocenters. The first-order valence-corrected chi connectivity index (χ1v) is 10.2. The van der Waals surface area contributed by atoms with Crippen LogP contribution in [-0.2, 0) is 16.0 Å². The summed E-state index contributed by atoms with van der Waals surface area (Å²) in [5.74, 6) is -0.691. The molecule has 1 aliphatic heterocycles. The fourth-order valence-electron chi connectivity index (χ4n) is 4.47. The molecule has 0 saturated carbocycles. The maximum atomic E-state index is 12.7. The zero-order chi connectivity index (χ0) is 21.7. The number of hydrogen-bond donors (Lipinski definition) is 0. The quantitative estimate of drug-likeness (QED) is 0.612. The SMILES string of the molecule is Cc1oc2c(C)c3oc(=O)c(CCC(=O)N4CCC[C@@H]4C(=O)[O-])c(C)c3cc2c1C. The molecule has 30 heavy (non-hydrogen) atoms. The van der Waals surface area contributed by atoms with Crippen molar-refractivity contribution in [1.82, 2.24) is 4.90 Å². The third-order valence-electron chi connectivity index (χ3n) is 6.38. The van der Waals surface area contributed by atoms with Gasteiger partial charge in [-0.15, -0.1) is 0 Å². The Hall–Kier alpha value is -3.09. The Balaban J connectivity index is 1.70. The Morgan fingerprint density at radius 2 is 1.73 bits per heavy atom. The van der Waals surface area contributed by atoms with Crippen molar-refractivity contribution >= 4 is 33.8 Å². The molecule has 2 aromatic heterocycles. The van der Waals surface area contributed by atoms with Crippen molar-refractivity contribution < 1.29 is 23.5 Å². The van der Waals surface area contributed by atoms with Crippen molar-refractivity contribution in [1.29, 1.82) is 0 Å². The van der Waals surface area contributed by atoms with Gasteiger partial charge in [-0.05, 0) is 64.2 Å². The highest BCUT2D eigenvalue weighted by Crippen LogP contribution is 2.34. The molecule has 0 radical (unpaired) electrons. The van der Waals surface area contributed by atoms with Gasteiger partial charge < -0.3 is 23.6 Å². The van der Waals surface area contributed by atoms with Gasteiger partial charge in [0.05, 0.1) is 12.0 Å². The second kappa shape index (κ2) is 7.31. The van der Waals surface area contributed by atoms with Crippen LogP contribution in [-0.4, -0.2) is 29.4 Å². The van der Waals surface area contributed by atoms with E-state index in [1.165, 1.54) is 4.90 Å². The minimum Gasteiger partial charge on any atom is -0.548 e. The topological polar surface area (TPSA) is 104 Å². The largest absolute Gasteiger partial charge is 0.548 e. The van der Waals surface area contributed by atoms with E-state index in [0.717, 1.165) is 33.2 Å². The van der Waals surface area contributed by atoms with Crippen molar-refractivity contribution in [2.24, 2.45) is 0 Å². The monoisotopic (exact) mass is 410 g/mol. The first-order chi connectivity index (χ1) is 14.2. The number of likely N-dealkylation sites (tertiary alicyclic amines) is 1. The van der Waals surface area contributed by atoms with Gasteiger partial charge >= 0.3 is 5.63 Å². The highest BCUT2D eigenvalue weighted by molar-refractivity contribution is 6.00. The molecule has 1 aliphatic rings. The summed E-state index contributed by atoms with van der Waals surface area (Å²) in [4.78, 5) is 37.9. The minimum atomic E-state index is -1.23. The molecule has 3 aromatic rings. The van der Waals surface area contributed by atoms with Crippen LogP contribution in [0.4, 0.5) is 0 Å². The number of hydrogen-bond acceptors (Lipinski definition) is 6. The molecule has 1 aromatic carbocycles. The van der Waals surface area contributed by atoms with Crippen molar-refractivity contribution in [3.05, 3.63) is 44.5 Å². The van der Waals surface area contributed by atoms with E-state index in [-0.39, 0.29) is 18.7 Å². The summed E-state index contributed by atoms with van der Waals surface area (Å²) in [5, 5.41) is 13.0. The van der Waals surface area contributed by atoms with Gasteiger partial charge in [0, 0.05) is 34.9 Å². The van der Waals surface area contributed by atoms with Gasteiger partial charge in [-0.1, -0.05) is 0 Å². The predicted molar refractivity (Wildman–Crippen MR) is 109 cm³/mol. The lowest BCUT2D eigenvalue weighted by molar-refractivity contribution is -0.310. The van der Waals surface area contributed by atoms with E-state index >= 15 is 0 Å². The molecule has 4 rings (SSSR count). The molecule has 0 aliphatic carbocycles. The van der Waals surface area contributed by atoms with Crippen LogP contribution in [0.15, 0.2) is 19.7 Å².